The number of aromatic nitrogens is 1. The average molecular weight is 522 g/mol. The lowest BCUT2D eigenvalue weighted by molar-refractivity contribution is -0.0991. The average Bonchev–Trinajstić information content (AvgIpc) is 3.42. The predicted octanol–water partition coefficient (Wildman–Crippen LogP) is 6.82. The molecule has 7 nitrogen and oxygen atoms in total. The van der Waals surface area contributed by atoms with Crippen molar-refractivity contribution in [1.29, 1.82) is 0 Å². The number of hydroxylamine groups is 2. The van der Waals surface area contributed by atoms with Crippen molar-refractivity contribution in [2.45, 2.75) is 56.9 Å². The Bertz CT molecular complexity index is 1120. The maximum Gasteiger partial charge on any atom is 0.343 e. The molecule has 3 aromatic rings. The molecule has 1 saturated carbocycles. The Hall–Kier alpha value is -3.10. The fourth-order valence-corrected chi connectivity index (χ4v) is 6.60. The molecule has 2 amide bonds. The maximum atomic E-state index is 12.9. The first kappa shape index (κ1) is 25.5. The number of benzene rings is 2. The molecule has 196 valence electrons. The van der Waals surface area contributed by atoms with Crippen LogP contribution in [-0.2, 0) is 0 Å². The number of urea groups is 1. The fourth-order valence-electron chi connectivity index (χ4n) is 5.34. The van der Waals surface area contributed by atoms with Gasteiger partial charge in [-0.05, 0) is 79.8 Å². The molecule has 0 spiro atoms. The van der Waals surface area contributed by atoms with E-state index in [1.54, 1.807) is 30.5 Å². The SMILES string of the molecule is COc1ccc(-c2nc(C3CCN(C(=O)N(O)C4CCCCC4)CC3)sc2-c2ccc(OC)cc2)cc1. The van der Waals surface area contributed by atoms with E-state index in [4.69, 9.17) is 14.5 Å². The smallest absolute Gasteiger partial charge is 0.343 e. The number of thiazole rings is 1. The number of hydrogen-bond donors (Lipinski definition) is 1. The van der Waals surface area contributed by atoms with Gasteiger partial charge in [-0.1, -0.05) is 19.3 Å². The van der Waals surface area contributed by atoms with Crippen molar-refractivity contribution < 1.29 is 19.5 Å². The number of amides is 2. The van der Waals surface area contributed by atoms with Crippen LogP contribution in [-0.4, -0.2) is 59.5 Å². The molecule has 2 heterocycles. The number of ether oxygens (including phenoxy) is 2. The van der Waals surface area contributed by atoms with Gasteiger partial charge in [0.1, 0.15) is 11.5 Å². The number of carbonyl (C=O) groups is 1. The minimum absolute atomic E-state index is 0.0444. The number of hydrogen-bond acceptors (Lipinski definition) is 6. The largest absolute Gasteiger partial charge is 0.497 e. The van der Waals surface area contributed by atoms with Gasteiger partial charge in [0.05, 0.1) is 35.8 Å². The Morgan fingerprint density at radius 2 is 1.46 bits per heavy atom. The lowest BCUT2D eigenvalue weighted by Crippen LogP contribution is -2.49. The van der Waals surface area contributed by atoms with Crippen molar-refractivity contribution in [2.75, 3.05) is 27.3 Å². The molecular formula is C29H35N3O4S. The summed E-state index contributed by atoms with van der Waals surface area (Å²) in [6.07, 6.45) is 6.79. The molecule has 2 aliphatic rings. The molecule has 37 heavy (non-hydrogen) atoms. The molecular weight excluding hydrogens is 486 g/mol. The van der Waals surface area contributed by atoms with Crippen LogP contribution in [0.15, 0.2) is 48.5 Å². The second-order valence-electron chi connectivity index (χ2n) is 9.87. The molecule has 2 fully saturated rings. The topological polar surface area (TPSA) is 75.1 Å². The van der Waals surface area contributed by atoms with Gasteiger partial charge >= 0.3 is 6.03 Å². The van der Waals surface area contributed by atoms with Gasteiger partial charge in [0.25, 0.3) is 0 Å². The zero-order chi connectivity index (χ0) is 25.8. The Kier molecular flexibility index (Phi) is 7.96. The fraction of sp³-hybridized carbons (Fsp3) is 0.448. The van der Waals surface area contributed by atoms with Crippen molar-refractivity contribution in [1.82, 2.24) is 14.9 Å². The Morgan fingerprint density at radius 1 is 0.892 bits per heavy atom. The van der Waals surface area contributed by atoms with Gasteiger partial charge in [0.2, 0.25) is 0 Å². The van der Waals surface area contributed by atoms with Crippen LogP contribution in [0.25, 0.3) is 21.7 Å². The van der Waals surface area contributed by atoms with Crippen molar-refractivity contribution in [3.05, 3.63) is 53.5 Å². The van der Waals surface area contributed by atoms with Gasteiger partial charge in [-0.15, -0.1) is 11.3 Å². The minimum Gasteiger partial charge on any atom is -0.497 e. The summed E-state index contributed by atoms with van der Waals surface area (Å²) in [6, 6.07) is 15.8. The first-order valence-corrected chi connectivity index (χ1v) is 14.0. The van der Waals surface area contributed by atoms with E-state index in [0.29, 0.717) is 13.1 Å². The molecule has 8 heteroatoms. The third-order valence-corrected chi connectivity index (χ3v) is 8.86. The predicted molar refractivity (Wildman–Crippen MR) is 146 cm³/mol. The molecule has 1 saturated heterocycles. The molecule has 0 radical (unpaired) electrons. The summed E-state index contributed by atoms with van der Waals surface area (Å²) in [5.41, 5.74) is 3.11. The standard InChI is InChI=1S/C29H35N3O4S/c1-35-24-12-8-20(9-13-24)26-27(21-10-14-25(36-2)15-11-21)37-28(30-26)22-16-18-31(19-17-22)29(33)32(34)23-6-4-3-5-7-23/h8-15,22-23,34H,3-7,16-19H2,1-2H3. The molecule has 2 aromatic carbocycles. The van der Waals surface area contributed by atoms with Gasteiger partial charge in [0.15, 0.2) is 0 Å². The van der Waals surface area contributed by atoms with Crippen LogP contribution < -0.4 is 9.47 Å². The van der Waals surface area contributed by atoms with E-state index < -0.39 is 0 Å². The summed E-state index contributed by atoms with van der Waals surface area (Å²) in [4.78, 5) is 21.0. The van der Waals surface area contributed by atoms with Crippen LogP contribution >= 0.6 is 11.3 Å². The second-order valence-corrected chi connectivity index (χ2v) is 10.9. The van der Waals surface area contributed by atoms with Crippen LogP contribution in [0.5, 0.6) is 11.5 Å². The van der Waals surface area contributed by atoms with Crippen LogP contribution in [0, 0.1) is 0 Å². The third kappa shape index (κ3) is 5.60. The Balaban J connectivity index is 1.35. The van der Waals surface area contributed by atoms with Gasteiger partial charge in [-0.2, -0.15) is 0 Å². The quantitative estimate of drug-likeness (QED) is 0.285. The van der Waals surface area contributed by atoms with E-state index in [1.807, 2.05) is 36.4 Å². The summed E-state index contributed by atoms with van der Waals surface area (Å²) >= 11 is 1.73. The highest BCUT2D eigenvalue weighted by atomic mass is 32.1. The number of methoxy groups -OCH3 is 2. The summed E-state index contributed by atoms with van der Waals surface area (Å²) in [5.74, 6) is 1.91. The number of rotatable bonds is 6. The van der Waals surface area contributed by atoms with E-state index in [-0.39, 0.29) is 18.0 Å². The Morgan fingerprint density at radius 3 is 2.03 bits per heavy atom. The zero-order valence-electron chi connectivity index (χ0n) is 21.6. The summed E-state index contributed by atoms with van der Waals surface area (Å²) in [5, 5.41) is 12.7. The molecule has 1 aliphatic carbocycles. The first-order chi connectivity index (χ1) is 18.1. The zero-order valence-corrected chi connectivity index (χ0v) is 22.4. The van der Waals surface area contributed by atoms with Crippen molar-refractivity contribution >= 4 is 17.4 Å². The monoisotopic (exact) mass is 521 g/mol. The minimum atomic E-state index is -0.248. The summed E-state index contributed by atoms with van der Waals surface area (Å²) in [6.45, 7) is 1.26. The van der Waals surface area contributed by atoms with Gasteiger partial charge < -0.3 is 14.4 Å². The first-order valence-electron chi connectivity index (χ1n) is 13.1. The highest BCUT2D eigenvalue weighted by Gasteiger charge is 2.32. The van der Waals surface area contributed by atoms with Gasteiger partial charge in [-0.3, -0.25) is 5.21 Å². The molecule has 1 aliphatic heterocycles. The Labute approximate surface area is 222 Å². The third-order valence-electron chi connectivity index (χ3n) is 7.59. The van der Waals surface area contributed by atoms with E-state index in [2.05, 4.69) is 12.1 Å². The lowest BCUT2D eigenvalue weighted by Gasteiger charge is -2.36. The lowest BCUT2D eigenvalue weighted by atomic mass is 9.95. The highest BCUT2D eigenvalue weighted by Crippen LogP contribution is 2.42. The van der Waals surface area contributed by atoms with Crippen molar-refractivity contribution in [3.63, 3.8) is 0 Å². The van der Waals surface area contributed by atoms with Crippen LogP contribution in [0.1, 0.15) is 55.9 Å². The summed E-state index contributed by atoms with van der Waals surface area (Å²) in [7, 11) is 3.34. The molecule has 0 atom stereocenters. The van der Waals surface area contributed by atoms with E-state index >= 15 is 0 Å². The van der Waals surface area contributed by atoms with Crippen molar-refractivity contribution in [3.8, 4) is 33.2 Å². The molecule has 1 N–H and O–H groups in total. The van der Waals surface area contributed by atoms with Gasteiger partial charge in [-0.25, -0.2) is 14.8 Å². The second kappa shape index (κ2) is 11.5. The van der Waals surface area contributed by atoms with Crippen LogP contribution in [0.2, 0.25) is 0 Å². The molecule has 1 aromatic heterocycles. The molecule has 5 rings (SSSR count). The maximum absolute atomic E-state index is 12.9. The van der Waals surface area contributed by atoms with Crippen LogP contribution in [0.3, 0.4) is 0 Å². The van der Waals surface area contributed by atoms with Crippen molar-refractivity contribution in [2.24, 2.45) is 0 Å². The van der Waals surface area contributed by atoms with E-state index in [1.165, 1.54) is 6.42 Å². The molecule has 0 bridgehead atoms. The van der Waals surface area contributed by atoms with Gasteiger partial charge in [0, 0.05) is 24.6 Å². The number of piperidine rings is 1. The summed E-state index contributed by atoms with van der Waals surface area (Å²) < 4.78 is 10.7. The van der Waals surface area contributed by atoms with E-state index in [9.17, 15) is 10.0 Å². The van der Waals surface area contributed by atoms with Crippen LogP contribution in [0.4, 0.5) is 4.79 Å². The number of carbonyl (C=O) groups excluding carboxylic acids is 1. The normalized spacial score (nSPS) is 17.0. The van der Waals surface area contributed by atoms with E-state index in [0.717, 1.165) is 81.8 Å². The number of nitrogens with zero attached hydrogens (tertiary/aromatic N) is 3. The molecule has 0 unspecified atom stereocenters. The number of likely N-dealkylation sites (tertiary alicyclic amines) is 1. The highest BCUT2D eigenvalue weighted by molar-refractivity contribution is 7.15.